The van der Waals surface area contributed by atoms with Gasteiger partial charge in [-0.15, -0.1) is 0 Å². The van der Waals surface area contributed by atoms with Crippen LogP contribution in [0.3, 0.4) is 0 Å². The Balaban J connectivity index is 1.26. The molecule has 0 aliphatic heterocycles. The summed E-state index contributed by atoms with van der Waals surface area (Å²) in [7, 11) is 0. The molecule has 2 aliphatic rings. The number of allylic oxidation sites excluding steroid dienone is 5. The van der Waals surface area contributed by atoms with Gasteiger partial charge in [0.25, 0.3) is 0 Å². The van der Waals surface area contributed by atoms with Gasteiger partial charge in [-0.1, -0.05) is 76.3 Å². The van der Waals surface area contributed by atoms with Crippen molar-refractivity contribution in [3.63, 3.8) is 0 Å². The van der Waals surface area contributed by atoms with Crippen molar-refractivity contribution in [2.24, 2.45) is 10.8 Å². The van der Waals surface area contributed by atoms with E-state index >= 15 is 0 Å². The van der Waals surface area contributed by atoms with E-state index in [2.05, 4.69) is 157 Å². The molecule has 0 saturated heterocycles. The molecule has 4 nitrogen and oxygen atoms in total. The number of fused-ring (bicyclic) bond motifs is 3. The zero-order chi connectivity index (χ0) is 31.0. The van der Waals surface area contributed by atoms with Gasteiger partial charge in [0.1, 0.15) is 0 Å². The Hall–Kier alpha value is -5.22. The molecule has 0 saturated carbocycles. The molecule has 0 spiro atoms. The Morgan fingerprint density at radius 3 is 1.78 bits per heavy atom. The first-order valence-electron chi connectivity index (χ1n) is 15.6. The molecule has 4 heteroatoms. The molecule has 2 heterocycles. The monoisotopic (exact) mass is 586 g/mol. The summed E-state index contributed by atoms with van der Waals surface area (Å²) >= 11 is 0. The van der Waals surface area contributed by atoms with E-state index in [4.69, 9.17) is 0 Å². The van der Waals surface area contributed by atoms with Crippen LogP contribution in [-0.2, 0) is 6.42 Å². The number of anilines is 5. The Morgan fingerprint density at radius 2 is 1.20 bits per heavy atom. The number of nitrogens with zero attached hydrogens (tertiary/aromatic N) is 4. The van der Waals surface area contributed by atoms with Gasteiger partial charge in [0, 0.05) is 40.6 Å². The number of para-hydroxylation sites is 1. The molecule has 2 aromatic heterocycles. The molecule has 45 heavy (non-hydrogen) atoms. The Kier molecular flexibility index (Phi) is 7.21. The standard InChI is InChI=1S/C41H38N4/c1-40(2,3)41(4)21-8-13-33(20-22-41)45(37-15-10-24-43-29-37)35-17-19-39-31(27-35)25-30-26-34(16-18-38(30)39)44(32-11-6-5-7-12-32)36-14-9-23-42-28-36/h5-24,26-29H,25H2,1-4H3. The van der Waals surface area contributed by atoms with Crippen molar-refractivity contribution in [1.29, 1.82) is 0 Å². The van der Waals surface area contributed by atoms with Crippen molar-refractivity contribution in [3.8, 4) is 11.1 Å². The van der Waals surface area contributed by atoms with Crippen LogP contribution in [0.25, 0.3) is 11.1 Å². The second kappa shape index (κ2) is 11.4. The van der Waals surface area contributed by atoms with E-state index in [1.54, 1.807) is 0 Å². The van der Waals surface area contributed by atoms with E-state index in [1.807, 2.05) is 36.9 Å². The van der Waals surface area contributed by atoms with Gasteiger partial charge in [0.05, 0.1) is 23.8 Å². The quantitative estimate of drug-likeness (QED) is 0.194. The minimum Gasteiger partial charge on any atom is -0.309 e. The lowest BCUT2D eigenvalue weighted by Crippen LogP contribution is -2.28. The lowest BCUT2D eigenvalue weighted by atomic mass is 9.68. The van der Waals surface area contributed by atoms with Gasteiger partial charge in [0.15, 0.2) is 0 Å². The van der Waals surface area contributed by atoms with Gasteiger partial charge in [-0.25, -0.2) is 0 Å². The van der Waals surface area contributed by atoms with Gasteiger partial charge < -0.3 is 9.80 Å². The predicted molar refractivity (Wildman–Crippen MR) is 187 cm³/mol. The Morgan fingerprint density at radius 1 is 0.622 bits per heavy atom. The number of pyridine rings is 2. The average molecular weight is 587 g/mol. The third-order valence-electron chi connectivity index (χ3n) is 9.37. The molecule has 0 bridgehead atoms. The lowest BCUT2D eigenvalue weighted by Gasteiger charge is -2.37. The van der Waals surface area contributed by atoms with Crippen LogP contribution in [0.2, 0.25) is 0 Å². The van der Waals surface area contributed by atoms with E-state index < -0.39 is 0 Å². The van der Waals surface area contributed by atoms with Crippen LogP contribution in [-0.4, -0.2) is 9.97 Å². The molecule has 1 atom stereocenters. The highest BCUT2D eigenvalue weighted by molar-refractivity contribution is 5.85. The van der Waals surface area contributed by atoms with Crippen molar-refractivity contribution in [2.45, 2.75) is 34.1 Å². The highest BCUT2D eigenvalue weighted by Crippen LogP contribution is 2.45. The number of aromatic nitrogens is 2. The maximum absolute atomic E-state index is 4.48. The molecule has 1 unspecified atom stereocenters. The van der Waals surface area contributed by atoms with Crippen LogP contribution in [0.1, 0.15) is 38.8 Å². The van der Waals surface area contributed by atoms with E-state index in [1.165, 1.54) is 22.3 Å². The van der Waals surface area contributed by atoms with Crippen molar-refractivity contribution in [2.75, 3.05) is 9.80 Å². The summed E-state index contributed by atoms with van der Waals surface area (Å²) in [4.78, 5) is 13.5. The van der Waals surface area contributed by atoms with Crippen molar-refractivity contribution >= 4 is 28.4 Å². The Bertz CT molecular complexity index is 1880. The van der Waals surface area contributed by atoms with Gasteiger partial charge in [-0.05, 0) is 107 Å². The van der Waals surface area contributed by atoms with E-state index in [-0.39, 0.29) is 10.8 Å². The van der Waals surface area contributed by atoms with Gasteiger partial charge in [-0.3, -0.25) is 9.97 Å². The molecule has 222 valence electrons. The number of hydrogen-bond donors (Lipinski definition) is 0. The largest absolute Gasteiger partial charge is 0.309 e. The minimum absolute atomic E-state index is 0.0629. The first kappa shape index (κ1) is 28.5. The first-order chi connectivity index (χ1) is 21.8. The van der Waals surface area contributed by atoms with Crippen LogP contribution in [0.4, 0.5) is 28.4 Å². The molecule has 7 rings (SSSR count). The third kappa shape index (κ3) is 5.38. The summed E-state index contributed by atoms with van der Waals surface area (Å²) in [6.45, 7) is 9.19. The smallest absolute Gasteiger partial charge is 0.0644 e. The lowest BCUT2D eigenvalue weighted by molar-refractivity contribution is 0.228. The van der Waals surface area contributed by atoms with Crippen molar-refractivity contribution in [3.05, 3.63) is 163 Å². The zero-order valence-corrected chi connectivity index (χ0v) is 26.4. The summed E-state index contributed by atoms with van der Waals surface area (Å²) in [6.07, 6.45) is 19.7. The number of benzene rings is 3. The summed E-state index contributed by atoms with van der Waals surface area (Å²) in [5, 5.41) is 0. The van der Waals surface area contributed by atoms with E-state index in [0.29, 0.717) is 0 Å². The molecular weight excluding hydrogens is 548 g/mol. The summed E-state index contributed by atoms with van der Waals surface area (Å²) in [6, 6.07) is 32.4. The highest BCUT2D eigenvalue weighted by Gasteiger charge is 2.33. The third-order valence-corrected chi connectivity index (χ3v) is 9.37. The zero-order valence-electron chi connectivity index (χ0n) is 26.4. The molecule has 0 radical (unpaired) electrons. The van der Waals surface area contributed by atoms with Crippen LogP contribution in [0, 0.1) is 10.8 Å². The van der Waals surface area contributed by atoms with E-state index in [0.717, 1.165) is 40.6 Å². The average Bonchev–Trinajstić information content (AvgIpc) is 3.29. The molecule has 0 N–H and O–H groups in total. The highest BCUT2D eigenvalue weighted by atomic mass is 15.2. The normalized spacial score (nSPS) is 16.8. The van der Waals surface area contributed by atoms with Gasteiger partial charge >= 0.3 is 0 Å². The second-order valence-corrected chi connectivity index (χ2v) is 13.1. The first-order valence-corrected chi connectivity index (χ1v) is 15.6. The summed E-state index contributed by atoms with van der Waals surface area (Å²) < 4.78 is 0. The number of rotatable bonds is 6. The van der Waals surface area contributed by atoms with Crippen LogP contribution in [0.5, 0.6) is 0 Å². The fourth-order valence-corrected chi connectivity index (χ4v) is 6.27. The van der Waals surface area contributed by atoms with Crippen LogP contribution < -0.4 is 9.80 Å². The number of hydrogen-bond acceptors (Lipinski definition) is 4. The van der Waals surface area contributed by atoms with Crippen molar-refractivity contribution in [1.82, 2.24) is 9.97 Å². The summed E-state index contributed by atoms with van der Waals surface area (Å²) in [5.41, 5.74) is 11.8. The fraction of sp³-hybridized carbons (Fsp3) is 0.171. The SMILES string of the molecule is CC(C)(C)C1(C)C=CC=C(N(c2cccnc2)c2ccc3c(c2)Cc2cc(N(c4ccccc4)c4cccnc4)ccc2-3)C=C1. The topological polar surface area (TPSA) is 32.3 Å². The predicted octanol–water partition coefficient (Wildman–Crippen LogP) is 10.7. The molecule has 0 fully saturated rings. The van der Waals surface area contributed by atoms with Gasteiger partial charge in [-0.2, -0.15) is 0 Å². The van der Waals surface area contributed by atoms with Gasteiger partial charge in [0.2, 0.25) is 0 Å². The Labute approximate surface area is 266 Å². The van der Waals surface area contributed by atoms with E-state index in [9.17, 15) is 0 Å². The molecule has 2 aliphatic carbocycles. The maximum Gasteiger partial charge on any atom is 0.0644 e. The minimum atomic E-state index is -0.0629. The maximum atomic E-state index is 4.48. The molecule has 0 amide bonds. The molecular formula is C41H38N4. The molecule has 5 aromatic rings. The van der Waals surface area contributed by atoms with Crippen LogP contribution >= 0.6 is 0 Å². The molecule has 3 aromatic carbocycles. The van der Waals surface area contributed by atoms with Crippen LogP contribution in [0.15, 0.2) is 152 Å². The summed E-state index contributed by atoms with van der Waals surface area (Å²) in [5.74, 6) is 0. The second-order valence-electron chi connectivity index (χ2n) is 13.1. The van der Waals surface area contributed by atoms with Crippen molar-refractivity contribution < 1.29 is 0 Å². The fourth-order valence-electron chi connectivity index (χ4n) is 6.27.